The number of ether oxygens (including phenoxy) is 2. The fourth-order valence-corrected chi connectivity index (χ4v) is 4.79. The summed E-state index contributed by atoms with van der Waals surface area (Å²) in [5, 5.41) is 19.0. The summed E-state index contributed by atoms with van der Waals surface area (Å²) in [6, 6.07) is 16.5. The van der Waals surface area contributed by atoms with E-state index < -0.39 is 35.6 Å². The number of alkyl halides is 3. The van der Waals surface area contributed by atoms with E-state index in [1.54, 1.807) is 49.4 Å². The number of amides is 2. The zero-order valence-corrected chi connectivity index (χ0v) is 26.1. The largest absolute Gasteiger partial charge is 0.573 e. The Kier molecular flexibility index (Phi) is 10.3. The van der Waals surface area contributed by atoms with E-state index in [2.05, 4.69) is 20.5 Å². The zero-order chi connectivity index (χ0) is 33.6. The van der Waals surface area contributed by atoms with Gasteiger partial charge in [-0.05, 0) is 68.7 Å². The lowest BCUT2D eigenvalue weighted by Crippen LogP contribution is -2.43. The topological polar surface area (TPSA) is 125 Å². The highest BCUT2D eigenvalue weighted by Crippen LogP contribution is 2.37. The van der Waals surface area contributed by atoms with Crippen LogP contribution in [0.3, 0.4) is 0 Å². The molecule has 0 saturated heterocycles. The molecule has 1 aliphatic heterocycles. The molecule has 3 aromatic rings. The van der Waals surface area contributed by atoms with Gasteiger partial charge in [-0.1, -0.05) is 35.0 Å². The van der Waals surface area contributed by atoms with Gasteiger partial charge in [0, 0.05) is 35.0 Å². The SMILES string of the molecule is COc1cc(NC(C(=O)N2CCc3ccc(OC(F)(F)F)cc32)c2ccc(Cl)cc2)cc(/C(C)=N/OC(C)(C)C(=O)NCC#N)c1. The number of rotatable bonds is 11. The van der Waals surface area contributed by atoms with Gasteiger partial charge in [0.2, 0.25) is 5.60 Å². The molecule has 10 nitrogen and oxygen atoms in total. The number of nitrogens with zero attached hydrogens (tertiary/aromatic N) is 3. The number of anilines is 2. The number of carbonyl (C=O) groups excluding carboxylic acids is 2. The predicted molar refractivity (Wildman–Crippen MR) is 166 cm³/mol. The van der Waals surface area contributed by atoms with Crippen LogP contribution in [0, 0.1) is 11.3 Å². The van der Waals surface area contributed by atoms with E-state index in [-0.39, 0.29) is 13.1 Å². The molecule has 0 aliphatic carbocycles. The third kappa shape index (κ3) is 8.39. The van der Waals surface area contributed by atoms with Gasteiger partial charge in [0.15, 0.2) is 0 Å². The summed E-state index contributed by atoms with van der Waals surface area (Å²) in [7, 11) is 1.47. The smallest absolute Gasteiger partial charge is 0.497 e. The summed E-state index contributed by atoms with van der Waals surface area (Å²) in [6.45, 7) is 4.74. The van der Waals surface area contributed by atoms with Gasteiger partial charge < -0.3 is 29.8 Å². The highest BCUT2D eigenvalue weighted by atomic mass is 35.5. The van der Waals surface area contributed by atoms with Gasteiger partial charge in [-0.2, -0.15) is 5.26 Å². The standard InChI is InChI=1S/C32H31ClF3N5O5/c1-19(40-46-31(2,3)30(43)38-13-12-37)22-15-24(17-26(16-22)44-4)39-28(21-5-8-23(33)9-6-21)29(42)41-14-11-20-7-10-25(18-27(20)41)45-32(34,35)36/h5-10,15-18,28,39H,11,13-14H2,1-4H3,(H,38,43)/b40-19+. The normalized spacial score (nSPS) is 13.7. The van der Waals surface area contributed by atoms with Crippen LogP contribution < -0.4 is 25.0 Å². The molecule has 46 heavy (non-hydrogen) atoms. The van der Waals surface area contributed by atoms with Gasteiger partial charge in [0.05, 0.1) is 24.6 Å². The van der Waals surface area contributed by atoms with Gasteiger partial charge >= 0.3 is 6.36 Å². The summed E-state index contributed by atoms with van der Waals surface area (Å²) in [5.41, 5.74) is 1.57. The van der Waals surface area contributed by atoms with Crippen LogP contribution in [0.1, 0.15) is 43.5 Å². The molecule has 2 N–H and O–H groups in total. The molecule has 0 spiro atoms. The second-order valence-electron chi connectivity index (χ2n) is 10.8. The molecule has 4 rings (SSSR count). The van der Waals surface area contributed by atoms with E-state index in [4.69, 9.17) is 26.4 Å². The van der Waals surface area contributed by atoms with Crippen LogP contribution >= 0.6 is 11.6 Å². The molecule has 0 fully saturated rings. The van der Waals surface area contributed by atoms with E-state index in [1.165, 1.54) is 44.1 Å². The van der Waals surface area contributed by atoms with E-state index in [0.717, 1.165) is 0 Å². The van der Waals surface area contributed by atoms with Crippen LogP contribution in [-0.2, 0) is 20.8 Å². The minimum absolute atomic E-state index is 0.182. The number of benzene rings is 3. The number of nitrogens with one attached hydrogen (secondary N) is 2. The molecule has 1 unspecified atom stereocenters. The fourth-order valence-electron chi connectivity index (χ4n) is 4.67. The number of hydrogen-bond donors (Lipinski definition) is 2. The van der Waals surface area contributed by atoms with Crippen LogP contribution in [0.5, 0.6) is 11.5 Å². The summed E-state index contributed by atoms with van der Waals surface area (Å²) in [5.74, 6) is -0.956. The van der Waals surface area contributed by atoms with E-state index in [0.29, 0.717) is 51.0 Å². The van der Waals surface area contributed by atoms with Crippen LogP contribution in [-0.4, -0.2) is 49.7 Å². The van der Waals surface area contributed by atoms with Crippen LogP contribution in [0.25, 0.3) is 0 Å². The third-order valence-electron chi connectivity index (χ3n) is 7.06. The maximum atomic E-state index is 14.2. The maximum absolute atomic E-state index is 14.2. The van der Waals surface area contributed by atoms with Gasteiger partial charge in [-0.15, -0.1) is 13.2 Å². The van der Waals surface area contributed by atoms with Crippen LogP contribution in [0.15, 0.2) is 65.8 Å². The lowest BCUT2D eigenvalue weighted by atomic mass is 10.0. The Balaban J connectivity index is 1.66. The second-order valence-corrected chi connectivity index (χ2v) is 11.2. The molecule has 1 heterocycles. The summed E-state index contributed by atoms with van der Waals surface area (Å²) < 4.78 is 48.4. The average Bonchev–Trinajstić information content (AvgIpc) is 3.43. The molecule has 14 heteroatoms. The minimum atomic E-state index is -4.88. The second kappa shape index (κ2) is 14.0. The molecule has 1 aliphatic rings. The van der Waals surface area contributed by atoms with Crippen molar-refractivity contribution in [2.75, 3.05) is 30.4 Å². The molecule has 0 bridgehead atoms. The van der Waals surface area contributed by atoms with Crippen molar-refractivity contribution in [1.82, 2.24) is 5.32 Å². The molecule has 0 saturated carbocycles. The third-order valence-corrected chi connectivity index (χ3v) is 7.31. The van der Waals surface area contributed by atoms with Crippen molar-refractivity contribution in [1.29, 1.82) is 5.26 Å². The van der Waals surface area contributed by atoms with Crippen molar-refractivity contribution in [2.24, 2.45) is 5.16 Å². The first-order valence-electron chi connectivity index (χ1n) is 14.0. The first-order valence-corrected chi connectivity index (χ1v) is 14.4. The highest BCUT2D eigenvalue weighted by molar-refractivity contribution is 6.30. The Morgan fingerprint density at radius 3 is 2.46 bits per heavy atom. The van der Waals surface area contributed by atoms with Crippen molar-refractivity contribution in [2.45, 2.75) is 45.2 Å². The molecular formula is C32H31ClF3N5O5. The Bertz CT molecular complexity index is 1670. The van der Waals surface area contributed by atoms with Crippen molar-refractivity contribution in [3.63, 3.8) is 0 Å². The number of oxime groups is 1. The lowest BCUT2D eigenvalue weighted by Gasteiger charge is -2.27. The van der Waals surface area contributed by atoms with Gasteiger partial charge in [0.1, 0.15) is 24.1 Å². The van der Waals surface area contributed by atoms with Crippen molar-refractivity contribution in [3.8, 4) is 17.6 Å². The fraction of sp³-hybridized carbons (Fsp3) is 0.312. The van der Waals surface area contributed by atoms with E-state index >= 15 is 0 Å². The van der Waals surface area contributed by atoms with Gasteiger partial charge in [-0.3, -0.25) is 9.59 Å². The zero-order valence-electron chi connectivity index (χ0n) is 25.4. The number of fused-ring (bicyclic) bond motifs is 1. The number of hydrogen-bond acceptors (Lipinski definition) is 8. The Labute approximate surface area is 268 Å². The molecule has 1 atom stereocenters. The predicted octanol–water partition coefficient (Wildman–Crippen LogP) is 6.15. The van der Waals surface area contributed by atoms with E-state index in [1.807, 2.05) is 6.07 Å². The summed E-state index contributed by atoms with van der Waals surface area (Å²) in [4.78, 5) is 33.4. The number of nitriles is 1. The average molecular weight is 658 g/mol. The molecule has 242 valence electrons. The van der Waals surface area contributed by atoms with Crippen molar-refractivity contribution >= 4 is 40.5 Å². The van der Waals surface area contributed by atoms with E-state index in [9.17, 15) is 22.8 Å². The molecule has 0 radical (unpaired) electrons. The molecular weight excluding hydrogens is 627 g/mol. The number of halogens is 4. The lowest BCUT2D eigenvalue weighted by molar-refractivity contribution is -0.274. The number of carbonyl (C=O) groups is 2. The summed E-state index contributed by atoms with van der Waals surface area (Å²) in [6.07, 6.45) is -4.43. The Hall–Kier alpha value is -4.96. The van der Waals surface area contributed by atoms with Gasteiger partial charge in [0.25, 0.3) is 11.8 Å². The number of methoxy groups -OCH3 is 1. The Morgan fingerprint density at radius 1 is 1.09 bits per heavy atom. The summed E-state index contributed by atoms with van der Waals surface area (Å²) >= 11 is 6.12. The van der Waals surface area contributed by atoms with Gasteiger partial charge in [-0.25, -0.2) is 0 Å². The van der Waals surface area contributed by atoms with Crippen molar-refractivity contribution in [3.05, 3.63) is 82.4 Å². The minimum Gasteiger partial charge on any atom is -0.497 e. The molecule has 0 aromatic heterocycles. The maximum Gasteiger partial charge on any atom is 0.573 e. The molecule has 2 amide bonds. The highest BCUT2D eigenvalue weighted by Gasteiger charge is 2.35. The monoisotopic (exact) mass is 657 g/mol. The first kappa shape index (κ1) is 33.9. The Morgan fingerprint density at radius 2 is 1.80 bits per heavy atom. The molecule has 3 aromatic carbocycles. The van der Waals surface area contributed by atoms with Crippen LogP contribution in [0.4, 0.5) is 24.5 Å². The van der Waals surface area contributed by atoms with Crippen molar-refractivity contribution < 1.29 is 37.1 Å². The first-order chi connectivity index (χ1) is 21.7. The van der Waals surface area contributed by atoms with Crippen LogP contribution in [0.2, 0.25) is 5.02 Å². The quantitative estimate of drug-likeness (QED) is 0.144.